The molecule has 0 heterocycles. The van der Waals surface area contributed by atoms with Crippen LogP contribution in [-0.4, -0.2) is 16.8 Å². The first kappa shape index (κ1) is 5.65. The van der Waals surface area contributed by atoms with Crippen LogP contribution in [0.2, 0.25) is 0 Å². The Bertz CT molecular complexity index is 122. The van der Waals surface area contributed by atoms with E-state index in [4.69, 9.17) is 0 Å². The number of hydrogen-bond donors (Lipinski definition) is 0. The van der Waals surface area contributed by atoms with E-state index in [9.17, 15) is 8.76 Å². The molecule has 0 aromatic carbocycles. The van der Waals surface area contributed by atoms with Crippen LogP contribution in [0.15, 0.2) is 4.40 Å². The molecule has 0 aliphatic carbocycles. The predicted octanol–water partition coefficient (Wildman–Crippen LogP) is -0.336. The van der Waals surface area contributed by atoms with Crippen molar-refractivity contribution in [2.24, 2.45) is 4.40 Å². The molecule has 0 fully saturated rings. The molecule has 3 nitrogen and oxygen atoms in total. The summed E-state index contributed by atoms with van der Waals surface area (Å²) in [4.78, 5) is 0. The predicted molar refractivity (Wildman–Crippen MR) is 25.5 cm³/mol. The zero-order valence-electron chi connectivity index (χ0n) is 3.09. The Morgan fingerprint density at radius 1 is 1.67 bits per heavy atom. The maximum Gasteiger partial charge on any atom is 0.212 e. The summed E-state index contributed by atoms with van der Waals surface area (Å²) in [6.45, 7) is 2.73. The first-order valence-electron chi connectivity index (χ1n) is 1.12. The average Bonchev–Trinajstić information content (AvgIpc) is 1.35. The zero-order valence-corrected chi connectivity index (χ0v) is 3.90. The van der Waals surface area contributed by atoms with Gasteiger partial charge in [0.15, 0.2) is 0 Å². The third-order valence-electron chi connectivity index (χ3n) is 0.197. The van der Waals surface area contributed by atoms with E-state index < -0.39 is 9.99 Å². The lowest BCUT2D eigenvalue weighted by Crippen LogP contribution is -1.83. The van der Waals surface area contributed by atoms with E-state index in [1.807, 2.05) is 0 Å². The molecule has 0 aliphatic rings. The monoisotopic (exact) mass is 106 g/mol. The van der Waals surface area contributed by atoms with E-state index in [0.29, 0.717) is 0 Å². The quantitative estimate of drug-likeness (QED) is 0.333. The first-order chi connectivity index (χ1) is 2.56. The molecule has 0 rings (SSSR count). The molecule has 0 saturated carbocycles. The Kier molecular flexibility index (Phi) is 1.32. The summed E-state index contributed by atoms with van der Waals surface area (Å²) in [6, 6.07) is 0. The van der Waals surface area contributed by atoms with Gasteiger partial charge in [0, 0.05) is 12.6 Å². The summed E-state index contributed by atoms with van der Waals surface area (Å²) in [7, 11) is -3.40. The van der Waals surface area contributed by atoms with Crippen molar-refractivity contribution < 1.29 is 8.76 Å². The summed E-state index contributed by atoms with van der Waals surface area (Å²) in [6.07, 6.45) is 0. The Morgan fingerprint density at radius 2 is 1.83 bits per heavy atom. The van der Waals surface area contributed by atoms with Crippen molar-refractivity contribution in [3.05, 3.63) is 0 Å². The second-order valence-corrected chi connectivity index (χ2v) is 2.13. The number of rotatable bonds is 1. The fourth-order valence-electron chi connectivity index (χ4n) is 0. The van der Waals surface area contributed by atoms with Gasteiger partial charge >= 0.3 is 0 Å². The standard InChI is InChI=1S/C2H4NO2S/c1-3-6(2,4)5/h1-2H2. The van der Waals surface area contributed by atoms with Crippen LogP contribution in [0.5, 0.6) is 0 Å². The second-order valence-electron chi connectivity index (χ2n) is 0.711. The molecule has 0 aromatic heterocycles. The Balaban J connectivity index is 4.25. The lowest BCUT2D eigenvalue weighted by Gasteiger charge is -1.76. The van der Waals surface area contributed by atoms with Gasteiger partial charge in [0.05, 0.1) is 0 Å². The summed E-state index contributed by atoms with van der Waals surface area (Å²) in [5, 5.41) is 0. The van der Waals surface area contributed by atoms with Gasteiger partial charge in [-0.3, -0.25) is 0 Å². The maximum atomic E-state index is 9.66. The van der Waals surface area contributed by atoms with Gasteiger partial charge < -0.3 is 0 Å². The molecule has 0 saturated heterocycles. The fraction of sp³-hybridized carbons (Fsp3) is 0. The molecule has 1 atom stereocenters. The molecule has 4 heteroatoms. The van der Waals surface area contributed by atoms with Crippen molar-refractivity contribution in [3.8, 4) is 0 Å². The Hall–Kier alpha value is -0.350. The largest absolute Gasteiger partial charge is 0.214 e. The molecular formula is C2H4NO2S. The molecule has 0 bridgehead atoms. The SMILES string of the molecule is C=NS(=C)([O])=O. The van der Waals surface area contributed by atoms with Crippen molar-refractivity contribution >= 4 is 22.6 Å². The molecule has 0 amide bonds. The van der Waals surface area contributed by atoms with E-state index >= 15 is 0 Å². The van der Waals surface area contributed by atoms with Gasteiger partial charge in [-0.05, 0) is 0 Å². The maximum absolute atomic E-state index is 9.66. The smallest absolute Gasteiger partial charge is 0.212 e. The van der Waals surface area contributed by atoms with Gasteiger partial charge in [-0.15, -0.1) is 4.55 Å². The highest BCUT2D eigenvalue weighted by Crippen LogP contribution is 1.76. The Morgan fingerprint density at radius 3 is 1.83 bits per heavy atom. The summed E-state index contributed by atoms with van der Waals surface area (Å²) in [5.74, 6) is 2.63. The van der Waals surface area contributed by atoms with E-state index in [2.05, 4.69) is 17.0 Å². The molecule has 0 aliphatic heterocycles. The number of hydrogen-bond acceptors (Lipinski definition) is 1. The highest BCUT2D eigenvalue weighted by molar-refractivity contribution is 7.93. The van der Waals surface area contributed by atoms with Gasteiger partial charge in [0.25, 0.3) is 0 Å². The average molecular weight is 106 g/mol. The van der Waals surface area contributed by atoms with E-state index in [1.165, 1.54) is 0 Å². The van der Waals surface area contributed by atoms with Crippen molar-refractivity contribution in [1.29, 1.82) is 0 Å². The fourth-order valence-corrected chi connectivity index (χ4v) is 0. The first-order valence-corrected chi connectivity index (χ1v) is 2.73. The van der Waals surface area contributed by atoms with Crippen LogP contribution in [0.4, 0.5) is 0 Å². The van der Waals surface area contributed by atoms with Crippen molar-refractivity contribution in [3.63, 3.8) is 0 Å². The summed E-state index contributed by atoms with van der Waals surface area (Å²) >= 11 is 0. The van der Waals surface area contributed by atoms with Crippen LogP contribution in [0.3, 0.4) is 0 Å². The highest BCUT2D eigenvalue weighted by atomic mass is 32.2. The van der Waals surface area contributed by atoms with Crippen LogP contribution in [0.25, 0.3) is 0 Å². The molecule has 6 heavy (non-hydrogen) atoms. The van der Waals surface area contributed by atoms with Gasteiger partial charge in [-0.1, -0.05) is 0 Å². The normalized spacial score (nSPS) is 18.8. The molecule has 1 unspecified atom stereocenters. The van der Waals surface area contributed by atoms with E-state index in [0.717, 1.165) is 0 Å². The second kappa shape index (κ2) is 1.40. The van der Waals surface area contributed by atoms with Crippen molar-refractivity contribution in [2.75, 3.05) is 0 Å². The van der Waals surface area contributed by atoms with Crippen LogP contribution < -0.4 is 0 Å². The van der Waals surface area contributed by atoms with Crippen molar-refractivity contribution in [1.82, 2.24) is 0 Å². The third kappa shape index (κ3) is 3.65. The molecule has 0 aromatic rings. The lowest BCUT2D eigenvalue weighted by molar-refractivity contribution is 0.471. The minimum Gasteiger partial charge on any atom is -0.214 e. The Labute approximate surface area is 36.7 Å². The summed E-state index contributed by atoms with van der Waals surface area (Å²) in [5.41, 5.74) is 0. The van der Waals surface area contributed by atoms with Crippen LogP contribution >= 0.6 is 0 Å². The van der Waals surface area contributed by atoms with Crippen LogP contribution in [0.1, 0.15) is 0 Å². The number of nitrogens with zero attached hydrogens (tertiary/aromatic N) is 1. The molecular weight excluding hydrogens is 102 g/mol. The molecule has 35 valence electrons. The zero-order chi connectivity index (χ0) is 5.21. The van der Waals surface area contributed by atoms with Gasteiger partial charge in [-0.25, -0.2) is 4.21 Å². The van der Waals surface area contributed by atoms with Gasteiger partial charge in [0.2, 0.25) is 9.99 Å². The topological polar surface area (TPSA) is 49.3 Å². The molecule has 0 N–H and O–H groups in total. The summed E-state index contributed by atoms with van der Waals surface area (Å²) < 4.78 is 22.0. The van der Waals surface area contributed by atoms with Crippen LogP contribution in [0, 0.1) is 0 Å². The van der Waals surface area contributed by atoms with E-state index in [-0.39, 0.29) is 0 Å². The minimum atomic E-state index is -3.40. The van der Waals surface area contributed by atoms with E-state index in [1.54, 1.807) is 0 Å². The lowest BCUT2D eigenvalue weighted by atomic mass is 11.8. The van der Waals surface area contributed by atoms with Gasteiger partial charge in [-0.2, -0.15) is 4.40 Å². The van der Waals surface area contributed by atoms with Crippen LogP contribution in [-0.2, 0) is 14.5 Å². The molecule has 1 radical (unpaired) electrons. The third-order valence-corrected chi connectivity index (χ3v) is 0.590. The van der Waals surface area contributed by atoms with Gasteiger partial charge in [0.1, 0.15) is 0 Å². The van der Waals surface area contributed by atoms with Crippen molar-refractivity contribution in [2.45, 2.75) is 0 Å². The minimum absolute atomic E-state index is 2.63. The highest BCUT2D eigenvalue weighted by Gasteiger charge is 1.83. The molecule has 0 spiro atoms.